The Morgan fingerprint density at radius 1 is 1.21 bits per heavy atom. The van der Waals surface area contributed by atoms with Crippen LogP contribution in [0, 0.1) is 19.8 Å². The number of hydrogen-bond donors (Lipinski definition) is 1. The summed E-state index contributed by atoms with van der Waals surface area (Å²) >= 11 is 9.26. The van der Waals surface area contributed by atoms with Gasteiger partial charge in [0.05, 0.1) is 10.9 Å². The lowest BCUT2D eigenvalue weighted by Crippen LogP contribution is -2.28. The van der Waals surface area contributed by atoms with E-state index in [-0.39, 0.29) is 18.9 Å². The molecule has 152 valence electrons. The highest BCUT2D eigenvalue weighted by Crippen LogP contribution is 2.28. The van der Waals surface area contributed by atoms with Crippen LogP contribution in [0.15, 0.2) is 40.9 Å². The SMILES string of the molecule is Cc1ccc(N2C[C@@H](C(=O)OCC(=O)Nc3ccc(Br)c(Cl)c3)CC2=O)cc1C. The highest BCUT2D eigenvalue weighted by Gasteiger charge is 2.36. The predicted molar refractivity (Wildman–Crippen MR) is 115 cm³/mol. The molecule has 0 aromatic heterocycles. The number of benzene rings is 2. The maximum absolute atomic E-state index is 12.3. The van der Waals surface area contributed by atoms with Crippen LogP contribution >= 0.6 is 27.5 Å². The zero-order chi connectivity index (χ0) is 21.1. The average molecular weight is 480 g/mol. The standard InChI is InChI=1S/C21H20BrClN2O4/c1-12-3-5-16(7-13(12)2)25-10-14(8-20(25)27)21(28)29-11-19(26)24-15-4-6-17(22)18(23)9-15/h3-7,9,14H,8,10-11H2,1-2H3,(H,24,26)/t14-/m0/s1. The van der Waals surface area contributed by atoms with E-state index >= 15 is 0 Å². The van der Waals surface area contributed by atoms with Crippen LogP contribution in [0.2, 0.25) is 5.02 Å². The van der Waals surface area contributed by atoms with Crippen LogP contribution in [0.1, 0.15) is 17.5 Å². The first kappa shape index (κ1) is 21.3. The van der Waals surface area contributed by atoms with E-state index in [4.69, 9.17) is 16.3 Å². The zero-order valence-electron chi connectivity index (χ0n) is 16.0. The molecule has 1 atom stereocenters. The molecule has 1 aliphatic heterocycles. The summed E-state index contributed by atoms with van der Waals surface area (Å²) < 4.78 is 5.83. The topological polar surface area (TPSA) is 75.7 Å². The Morgan fingerprint density at radius 3 is 2.66 bits per heavy atom. The quantitative estimate of drug-likeness (QED) is 0.651. The van der Waals surface area contributed by atoms with Crippen LogP contribution in [-0.4, -0.2) is 30.9 Å². The largest absolute Gasteiger partial charge is 0.455 e. The van der Waals surface area contributed by atoms with Gasteiger partial charge in [-0.05, 0) is 71.2 Å². The normalized spacial score (nSPS) is 16.1. The molecule has 0 bridgehead atoms. The van der Waals surface area contributed by atoms with Crippen molar-refractivity contribution in [1.29, 1.82) is 0 Å². The lowest BCUT2D eigenvalue weighted by molar-refractivity contribution is -0.151. The highest BCUT2D eigenvalue weighted by atomic mass is 79.9. The van der Waals surface area contributed by atoms with Crippen LogP contribution < -0.4 is 10.2 Å². The van der Waals surface area contributed by atoms with Crippen LogP contribution in [0.3, 0.4) is 0 Å². The van der Waals surface area contributed by atoms with Crippen molar-refractivity contribution in [1.82, 2.24) is 0 Å². The molecule has 1 heterocycles. The Morgan fingerprint density at radius 2 is 1.97 bits per heavy atom. The molecule has 1 N–H and O–H groups in total. The Kier molecular flexibility index (Phi) is 6.59. The summed E-state index contributed by atoms with van der Waals surface area (Å²) in [4.78, 5) is 38.3. The Bertz CT molecular complexity index is 979. The first-order chi connectivity index (χ1) is 13.7. The number of aryl methyl sites for hydroxylation is 2. The van der Waals surface area contributed by atoms with Crippen LogP contribution in [0.4, 0.5) is 11.4 Å². The summed E-state index contributed by atoms with van der Waals surface area (Å²) in [5.74, 6) is -1.77. The summed E-state index contributed by atoms with van der Waals surface area (Å²) in [5.41, 5.74) is 3.47. The molecule has 0 radical (unpaired) electrons. The van der Waals surface area contributed by atoms with Crippen LogP contribution in [0.25, 0.3) is 0 Å². The zero-order valence-corrected chi connectivity index (χ0v) is 18.3. The fraction of sp³-hybridized carbons (Fsp3) is 0.286. The third-order valence-electron chi connectivity index (χ3n) is 4.81. The molecule has 2 aromatic carbocycles. The number of carbonyl (C=O) groups is 3. The Labute approximate surface area is 182 Å². The van der Waals surface area contributed by atoms with Crippen LogP contribution in [0.5, 0.6) is 0 Å². The van der Waals surface area contributed by atoms with E-state index < -0.39 is 24.4 Å². The molecule has 8 heteroatoms. The maximum atomic E-state index is 12.3. The van der Waals surface area contributed by atoms with E-state index in [9.17, 15) is 14.4 Å². The molecule has 6 nitrogen and oxygen atoms in total. The van der Waals surface area contributed by atoms with E-state index in [1.165, 1.54) is 0 Å². The summed E-state index contributed by atoms with van der Waals surface area (Å²) in [7, 11) is 0. The Hall–Kier alpha value is -2.38. The fourth-order valence-corrected chi connectivity index (χ4v) is 3.46. The lowest BCUT2D eigenvalue weighted by Gasteiger charge is -2.17. The number of nitrogens with one attached hydrogen (secondary N) is 1. The molecule has 0 spiro atoms. The molecular formula is C21H20BrClN2O4. The predicted octanol–water partition coefficient (Wildman–Crippen LogP) is 4.25. The van der Waals surface area contributed by atoms with E-state index in [1.807, 2.05) is 32.0 Å². The lowest BCUT2D eigenvalue weighted by atomic mass is 10.1. The van der Waals surface area contributed by atoms with E-state index in [0.29, 0.717) is 15.2 Å². The molecule has 1 saturated heterocycles. The number of amides is 2. The van der Waals surface area contributed by atoms with Gasteiger partial charge < -0.3 is 15.0 Å². The van der Waals surface area contributed by atoms with Gasteiger partial charge in [-0.25, -0.2) is 0 Å². The number of esters is 1. The van der Waals surface area contributed by atoms with E-state index in [2.05, 4.69) is 21.2 Å². The van der Waals surface area contributed by atoms with Crippen molar-refractivity contribution in [2.45, 2.75) is 20.3 Å². The second-order valence-corrected chi connectivity index (χ2v) is 8.22. The molecule has 0 saturated carbocycles. The molecule has 29 heavy (non-hydrogen) atoms. The second-order valence-electron chi connectivity index (χ2n) is 6.96. The highest BCUT2D eigenvalue weighted by molar-refractivity contribution is 9.10. The van der Waals surface area contributed by atoms with Crippen molar-refractivity contribution in [3.63, 3.8) is 0 Å². The minimum atomic E-state index is -0.598. The van der Waals surface area contributed by atoms with Gasteiger partial charge in [-0.1, -0.05) is 17.7 Å². The molecule has 1 aliphatic rings. The van der Waals surface area contributed by atoms with E-state index in [0.717, 1.165) is 16.8 Å². The summed E-state index contributed by atoms with van der Waals surface area (Å²) in [6.45, 7) is 3.78. The third kappa shape index (κ3) is 5.16. The molecule has 3 rings (SSSR count). The number of anilines is 2. The maximum Gasteiger partial charge on any atom is 0.311 e. The van der Waals surface area contributed by atoms with Crippen molar-refractivity contribution in [2.24, 2.45) is 5.92 Å². The van der Waals surface area contributed by atoms with Gasteiger partial charge in [0.25, 0.3) is 5.91 Å². The first-order valence-electron chi connectivity index (χ1n) is 9.03. The van der Waals surface area contributed by atoms with Gasteiger partial charge in [0.1, 0.15) is 0 Å². The summed E-state index contributed by atoms with van der Waals surface area (Å²) in [6.07, 6.45) is 0.0652. The number of halogens is 2. The van der Waals surface area contributed by atoms with Gasteiger partial charge in [-0.3, -0.25) is 14.4 Å². The van der Waals surface area contributed by atoms with Gasteiger partial charge >= 0.3 is 5.97 Å². The fourth-order valence-electron chi connectivity index (χ4n) is 3.03. The van der Waals surface area contributed by atoms with Gasteiger partial charge in [0.2, 0.25) is 5.91 Å². The van der Waals surface area contributed by atoms with Crippen molar-refractivity contribution in [3.8, 4) is 0 Å². The molecule has 2 aromatic rings. The van der Waals surface area contributed by atoms with Gasteiger partial charge in [-0.15, -0.1) is 0 Å². The number of rotatable bonds is 5. The second kappa shape index (κ2) is 8.97. The van der Waals surface area contributed by atoms with Crippen molar-refractivity contribution < 1.29 is 19.1 Å². The molecule has 2 amide bonds. The van der Waals surface area contributed by atoms with Crippen LogP contribution in [-0.2, 0) is 19.1 Å². The number of hydrogen-bond acceptors (Lipinski definition) is 4. The molecule has 0 aliphatic carbocycles. The number of nitrogens with zero attached hydrogens (tertiary/aromatic N) is 1. The van der Waals surface area contributed by atoms with Crippen molar-refractivity contribution in [2.75, 3.05) is 23.4 Å². The van der Waals surface area contributed by atoms with Gasteiger partial charge in [-0.2, -0.15) is 0 Å². The third-order valence-corrected chi connectivity index (χ3v) is 6.04. The average Bonchev–Trinajstić information content (AvgIpc) is 3.07. The van der Waals surface area contributed by atoms with E-state index in [1.54, 1.807) is 23.1 Å². The first-order valence-corrected chi connectivity index (χ1v) is 10.2. The summed E-state index contributed by atoms with van der Waals surface area (Å²) in [6, 6.07) is 10.7. The smallest absolute Gasteiger partial charge is 0.311 e. The minimum Gasteiger partial charge on any atom is -0.455 e. The van der Waals surface area contributed by atoms with Gasteiger partial charge in [0.15, 0.2) is 6.61 Å². The molecule has 0 unspecified atom stereocenters. The number of ether oxygens (including phenoxy) is 1. The Balaban J connectivity index is 1.54. The monoisotopic (exact) mass is 478 g/mol. The minimum absolute atomic E-state index is 0.0652. The van der Waals surface area contributed by atoms with Crippen molar-refractivity contribution in [3.05, 3.63) is 57.0 Å². The molecule has 1 fully saturated rings. The number of carbonyl (C=O) groups excluding carboxylic acids is 3. The molecular weight excluding hydrogens is 460 g/mol. The summed E-state index contributed by atoms with van der Waals surface area (Å²) in [5, 5.41) is 3.07. The van der Waals surface area contributed by atoms with Gasteiger partial charge in [0, 0.05) is 28.8 Å². The van der Waals surface area contributed by atoms with Crippen molar-refractivity contribution >= 4 is 56.7 Å².